The molecule has 1 N–H and O–H groups in total. The molecule has 0 bridgehead atoms. The Hall–Kier alpha value is -4.56. The number of aromatic nitrogens is 2. The molecule has 8 heteroatoms. The normalized spacial score (nSPS) is 17.1. The third kappa shape index (κ3) is 3.91. The summed E-state index contributed by atoms with van der Waals surface area (Å²) in [7, 11) is 0. The van der Waals surface area contributed by atoms with Crippen molar-refractivity contribution in [2.75, 3.05) is 11.5 Å². The summed E-state index contributed by atoms with van der Waals surface area (Å²) in [5.74, 6) is -1.05. The molecule has 1 unspecified atom stereocenters. The van der Waals surface area contributed by atoms with Gasteiger partial charge in [-0.1, -0.05) is 53.8 Å². The highest BCUT2D eigenvalue weighted by Gasteiger charge is 2.48. The van der Waals surface area contributed by atoms with Crippen molar-refractivity contribution in [3.63, 3.8) is 0 Å². The number of hydrogen-bond donors (Lipinski definition) is 1. The number of Topliss-reactive ketones (excluding diaryl/α,β-unsaturated/α-hetero) is 1. The van der Waals surface area contributed by atoms with Crippen LogP contribution in [0.1, 0.15) is 24.1 Å². The molecule has 182 valence electrons. The Balaban J connectivity index is 1.52. The van der Waals surface area contributed by atoms with Gasteiger partial charge in [-0.25, -0.2) is 4.98 Å². The van der Waals surface area contributed by atoms with Gasteiger partial charge in [-0.3, -0.25) is 19.5 Å². The van der Waals surface area contributed by atoms with Crippen molar-refractivity contribution in [3.05, 3.63) is 102 Å². The average Bonchev–Trinajstić information content (AvgIpc) is 3.46. The quantitative estimate of drug-likeness (QED) is 0.182. The predicted octanol–water partition coefficient (Wildman–Crippen LogP) is 5.87. The third-order valence-corrected chi connectivity index (χ3v) is 7.35. The van der Waals surface area contributed by atoms with Crippen LogP contribution in [-0.2, 0) is 9.59 Å². The zero-order chi connectivity index (χ0) is 25.5. The molecule has 3 aromatic carbocycles. The molecule has 37 heavy (non-hydrogen) atoms. The van der Waals surface area contributed by atoms with Gasteiger partial charge in [0.2, 0.25) is 0 Å². The van der Waals surface area contributed by atoms with Crippen LogP contribution in [0.5, 0.6) is 5.75 Å². The van der Waals surface area contributed by atoms with E-state index in [2.05, 4.69) is 9.97 Å². The highest BCUT2D eigenvalue weighted by Crippen LogP contribution is 2.44. The number of ether oxygens (including phenoxy) is 1. The number of benzene rings is 3. The number of nitrogens with zero attached hydrogens (tertiary/aromatic N) is 3. The Morgan fingerprint density at radius 3 is 2.65 bits per heavy atom. The number of carbonyl (C=O) groups is 2. The first-order chi connectivity index (χ1) is 18.0. The van der Waals surface area contributed by atoms with Crippen LogP contribution in [0.25, 0.3) is 26.7 Å². The molecule has 0 radical (unpaired) electrons. The number of thiazole rings is 1. The Labute approximate surface area is 216 Å². The standard InChI is InChI=1S/C29H21N3O4S/c1-2-36-21-11-12-22-23(15-21)37-29(31-22)32-25(20-8-5-13-30-16-20)24(27(34)28(32)35)26(33)19-10-9-17-6-3-4-7-18(17)14-19/h3-16,25,33H,2H2,1H3/b26-24+. The Kier molecular flexibility index (Phi) is 5.65. The first kappa shape index (κ1) is 22.9. The summed E-state index contributed by atoms with van der Waals surface area (Å²) in [6.07, 6.45) is 3.21. The highest BCUT2D eigenvalue weighted by molar-refractivity contribution is 7.22. The van der Waals surface area contributed by atoms with Crippen LogP contribution in [0.4, 0.5) is 5.13 Å². The smallest absolute Gasteiger partial charge is 0.301 e. The minimum absolute atomic E-state index is 0.00235. The van der Waals surface area contributed by atoms with Gasteiger partial charge in [0.05, 0.1) is 28.4 Å². The van der Waals surface area contributed by atoms with E-state index in [1.807, 2.05) is 61.5 Å². The summed E-state index contributed by atoms with van der Waals surface area (Å²) < 4.78 is 6.42. The lowest BCUT2D eigenvalue weighted by molar-refractivity contribution is -0.132. The minimum Gasteiger partial charge on any atom is -0.507 e. The number of carbonyl (C=O) groups excluding carboxylic acids is 2. The first-order valence-electron chi connectivity index (χ1n) is 11.8. The maximum atomic E-state index is 13.4. The molecule has 5 aromatic rings. The average molecular weight is 508 g/mol. The molecule has 0 spiro atoms. The molecular formula is C29H21N3O4S. The molecule has 2 aromatic heterocycles. The number of amides is 1. The Morgan fingerprint density at radius 2 is 1.86 bits per heavy atom. The molecule has 3 heterocycles. The number of aliphatic hydroxyl groups excluding tert-OH is 1. The van der Waals surface area contributed by atoms with E-state index in [9.17, 15) is 14.7 Å². The SMILES string of the molecule is CCOc1ccc2nc(N3C(=O)C(=O)/C(=C(/O)c4ccc5ccccc5c4)C3c3cccnc3)sc2c1. The van der Waals surface area contributed by atoms with E-state index in [1.165, 1.54) is 16.2 Å². The first-order valence-corrected chi connectivity index (χ1v) is 12.6. The van der Waals surface area contributed by atoms with E-state index in [0.717, 1.165) is 15.5 Å². The van der Waals surface area contributed by atoms with Gasteiger partial charge >= 0.3 is 5.91 Å². The van der Waals surface area contributed by atoms with E-state index < -0.39 is 17.7 Å². The molecule has 7 nitrogen and oxygen atoms in total. The summed E-state index contributed by atoms with van der Waals surface area (Å²) in [4.78, 5) is 37.1. The topological polar surface area (TPSA) is 92.6 Å². The van der Waals surface area contributed by atoms with Crippen LogP contribution < -0.4 is 9.64 Å². The van der Waals surface area contributed by atoms with E-state index >= 15 is 0 Å². The van der Waals surface area contributed by atoms with Gasteiger partial charge in [0.1, 0.15) is 11.5 Å². The number of ketones is 1. The van der Waals surface area contributed by atoms with E-state index in [4.69, 9.17) is 4.74 Å². The molecule has 1 fully saturated rings. The lowest BCUT2D eigenvalue weighted by Gasteiger charge is -2.22. The van der Waals surface area contributed by atoms with Gasteiger partial charge in [0, 0.05) is 18.0 Å². The van der Waals surface area contributed by atoms with Crippen molar-refractivity contribution >= 4 is 54.9 Å². The fourth-order valence-electron chi connectivity index (χ4n) is 4.63. The van der Waals surface area contributed by atoms with Gasteiger partial charge in [0.15, 0.2) is 5.13 Å². The van der Waals surface area contributed by atoms with Gasteiger partial charge in [0.25, 0.3) is 5.78 Å². The fourth-order valence-corrected chi connectivity index (χ4v) is 5.65. The van der Waals surface area contributed by atoms with Crippen molar-refractivity contribution in [2.24, 2.45) is 0 Å². The van der Waals surface area contributed by atoms with Crippen LogP contribution in [0.15, 0.2) is 90.8 Å². The lowest BCUT2D eigenvalue weighted by Crippen LogP contribution is -2.29. The number of rotatable bonds is 5. The maximum Gasteiger partial charge on any atom is 0.301 e. The van der Waals surface area contributed by atoms with Crippen molar-refractivity contribution < 1.29 is 19.4 Å². The lowest BCUT2D eigenvalue weighted by atomic mass is 9.95. The molecule has 0 saturated carbocycles. The highest BCUT2D eigenvalue weighted by atomic mass is 32.1. The monoisotopic (exact) mass is 507 g/mol. The molecule has 1 atom stereocenters. The Morgan fingerprint density at radius 1 is 1.03 bits per heavy atom. The Bertz CT molecular complexity index is 1710. The van der Waals surface area contributed by atoms with Gasteiger partial charge in [-0.2, -0.15) is 0 Å². The fraction of sp³-hybridized carbons (Fsp3) is 0.103. The second-order valence-electron chi connectivity index (χ2n) is 8.58. The molecule has 1 aliphatic heterocycles. The number of aliphatic hydroxyl groups is 1. The van der Waals surface area contributed by atoms with Crippen molar-refractivity contribution in [1.82, 2.24) is 9.97 Å². The second-order valence-corrected chi connectivity index (χ2v) is 9.59. The van der Waals surface area contributed by atoms with Gasteiger partial charge < -0.3 is 9.84 Å². The molecule has 1 amide bonds. The third-order valence-electron chi connectivity index (χ3n) is 6.33. The van der Waals surface area contributed by atoms with Crippen LogP contribution in [-0.4, -0.2) is 33.4 Å². The molecule has 1 aliphatic rings. The van der Waals surface area contributed by atoms with Crippen LogP contribution in [0.3, 0.4) is 0 Å². The zero-order valence-corrected chi connectivity index (χ0v) is 20.6. The zero-order valence-electron chi connectivity index (χ0n) is 19.8. The summed E-state index contributed by atoms with van der Waals surface area (Å²) >= 11 is 1.29. The van der Waals surface area contributed by atoms with Crippen molar-refractivity contribution in [1.29, 1.82) is 0 Å². The molecular weight excluding hydrogens is 486 g/mol. The maximum absolute atomic E-state index is 13.4. The number of hydrogen-bond acceptors (Lipinski definition) is 7. The van der Waals surface area contributed by atoms with Gasteiger partial charge in [-0.05, 0) is 53.6 Å². The van der Waals surface area contributed by atoms with E-state index in [1.54, 1.807) is 30.6 Å². The largest absolute Gasteiger partial charge is 0.507 e. The van der Waals surface area contributed by atoms with Crippen molar-refractivity contribution in [3.8, 4) is 5.75 Å². The minimum atomic E-state index is -0.882. The number of fused-ring (bicyclic) bond motifs is 2. The molecule has 0 aliphatic carbocycles. The number of pyridine rings is 1. The predicted molar refractivity (Wildman–Crippen MR) is 144 cm³/mol. The van der Waals surface area contributed by atoms with Crippen LogP contribution in [0, 0.1) is 0 Å². The summed E-state index contributed by atoms with van der Waals surface area (Å²) in [6, 6.07) is 21.3. The summed E-state index contributed by atoms with van der Waals surface area (Å²) in [5.41, 5.74) is 1.74. The molecule has 1 saturated heterocycles. The summed E-state index contributed by atoms with van der Waals surface area (Å²) in [5, 5.41) is 13.7. The van der Waals surface area contributed by atoms with Crippen molar-refractivity contribution in [2.45, 2.75) is 13.0 Å². The van der Waals surface area contributed by atoms with Crippen LogP contribution in [0.2, 0.25) is 0 Å². The second kappa shape index (κ2) is 9.15. The number of anilines is 1. The van der Waals surface area contributed by atoms with Crippen LogP contribution >= 0.6 is 11.3 Å². The summed E-state index contributed by atoms with van der Waals surface area (Å²) in [6.45, 7) is 2.44. The molecule has 6 rings (SSSR count). The van der Waals surface area contributed by atoms with E-state index in [0.29, 0.717) is 34.1 Å². The van der Waals surface area contributed by atoms with E-state index in [-0.39, 0.29) is 11.3 Å². The van der Waals surface area contributed by atoms with Gasteiger partial charge in [-0.15, -0.1) is 0 Å².